The van der Waals surface area contributed by atoms with Gasteiger partial charge in [0, 0.05) is 36.3 Å². The van der Waals surface area contributed by atoms with Gasteiger partial charge in [0.1, 0.15) is 6.33 Å². The molecule has 0 saturated carbocycles. The van der Waals surface area contributed by atoms with E-state index < -0.39 is 0 Å². The van der Waals surface area contributed by atoms with Crippen LogP contribution in [0.1, 0.15) is 23.2 Å². The van der Waals surface area contributed by atoms with Gasteiger partial charge in [-0.05, 0) is 41.5 Å². The van der Waals surface area contributed by atoms with Crippen LogP contribution >= 0.6 is 11.3 Å². The molecular weight excluding hydrogens is 338 g/mol. The van der Waals surface area contributed by atoms with Gasteiger partial charge in [0.25, 0.3) is 5.91 Å². The highest BCUT2D eigenvalue weighted by molar-refractivity contribution is 7.13. The number of piperidine rings is 1. The van der Waals surface area contributed by atoms with Gasteiger partial charge in [0.05, 0.1) is 5.69 Å². The summed E-state index contributed by atoms with van der Waals surface area (Å²) in [6, 6.07) is 7.46. The average molecular weight is 355 g/mol. The first-order valence-electron chi connectivity index (χ1n) is 8.08. The Hall–Kier alpha value is -2.81. The van der Waals surface area contributed by atoms with Gasteiger partial charge in [-0.25, -0.2) is 9.67 Å². The van der Waals surface area contributed by atoms with Gasteiger partial charge in [0.2, 0.25) is 0 Å². The van der Waals surface area contributed by atoms with E-state index in [1.54, 1.807) is 23.5 Å². The van der Waals surface area contributed by atoms with Crippen molar-refractivity contribution in [3.63, 3.8) is 0 Å². The topological polar surface area (TPSA) is 88.8 Å². The zero-order valence-electron chi connectivity index (χ0n) is 13.4. The van der Waals surface area contributed by atoms with Crippen LogP contribution < -0.4 is 10.2 Å². The predicted octanol–water partition coefficient (Wildman–Crippen LogP) is 1.52. The first-order valence-corrected chi connectivity index (χ1v) is 8.96. The Balaban J connectivity index is 1.37. The van der Waals surface area contributed by atoms with Crippen LogP contribution in [-0.2, 0) is 0 Å². The van der Waals surface area contributed by atoms with Gasteiger partial charge >= 0.3 is 0 Å². The summed E-state index contributed by atoms with van der Waals surface area (Å²) in [5.41, 5.74) is 1.37. The number of thiazole rings is 1. The van der Waals surface area contributed by atoms with Crippen LogP contribution in [0.5, 0.6) is 0 Å². The van der Waals surface area contributed by atoms with E-state index in [0.717, 1.165) is 36.8 Å². The van der Waals surface area contributed by atoms with Crippen LogP contribution in [0, 0.1) is 0 Å². The summed E-state index contributed by atoms with van der Waals surface area (Å²) in [5.74, 6) is -0.0670. The number of hydrogen-bond donors (Lipinski definition) is 1. The normalized spacial score (nSPS) is 15.3. The third-order valence-corrected chi connectivity index (χ3v) is 5.07. The fourth-order valence-electron chi connectivity index (χ4n) is 2.93. The lowest BCUT2D eigenvalue weighted by molar-refractivity contribution is 0.0931. The monoisotopic (exact) mass is 355 g/mol. The van der Waals surface area contributed by atoms with Gasteiger partial charge < -0.3 is 10.2 Å². The van der Waals surface area contributed by atoms with E-state index in [4.69, 9.17) is 0 Å². The number of amides is 1. The number of aromatic nitrogens is 5. The van der Waals surface area contributed by atoms with E-state index >= 15 is 0 Å². The fraction of sp³-hybridized carbons (Fsp3) is 0.312. The molecule has 0 spiro atoms. The molecule has 9 heteroatoms. The first-order chi connectivity index (χ1) is 12.3. The third kappa shape index (κ3) is 3.50. The maximum absolute atomic E-state index is 12.5. The number of benzene rings is 1. The summed E-state index contributed by atoms with van der Waals surface area (Å²) in [5, 5.41) is 17.3. The molecule has 2 aromatic heterocycles. The third-order valence-electron chi connectivity index (χ3n) is 4.24. The maximum Gasteiger partial charge on any atom is 0.251 e. The first kappa shape index (κ1) is 15.7. The van der Waals surface area contributed by atoms with E-state index in [9.17, 15) is 4.79 Å². The molecule has 0 bridgehead atoms. The smallest absolute Gasteiger partial charge is 0.251 e. The summed E-state index contributed by atoms with van der Waals surface area (Å²) < 4.78 is 1.53. The number of hydrogen-bond acceptors (Lipinski definition) is 7. The quantitative estimate of drug-likeness (QED) is 0.763. The summed E-state index contributed by atoms with van der Waals surface area (Å²) in [4.78, 5) is 19.2. The lowest BCUT2D eigenvalue weighted by Crippen LogP contribution is -2.44. The van der Waals surface area contributed by atoms with Crippen molar-refractivity contribution in [2.45, 2.75) is 18.9 Å². The molecule has 8 nitrogen and oxygen atoms in total. The summed E-state index contributed by atoms with van der Waals surface area (Å²) in [6.07, 6.45) is 5.16. The number of carbonyl (C=O) groups is 1. The van der Waals surface area contributed by atoms with Gasteiger partial charge in [-0.1, -0.05) is 6.07 Å². The minimum atomic E-state index is -0.0670. The average Bonchev–Trinajstić information content (AvgIpc) is 3.36. The predicted molar refractivity (Wildman–Crippen MR) is 94.0 cm³/mol. The van der Waals surface area contributed by atoms with E-state index in [2.05, 4.69) is 30.7 Å². The zero-order valence-corrected chi connectivity index (χ0v) is 14.3. The highest BCUT2D eigenvalue weighted by Gasteiger charge is 2.22. The van der Waals surface area contributed by atoms with Gasteiger partial charge in [0.15, 0.2) is 5.13 Å². The Morgan fingerprint density at radius 1 is 1.28 bits per heavy atom. The number of rotatable bonds is 4. The second kappa shape index (κ2) is 6.98. The van der Waals surface area contributed by atoms with Crippen LogP contribution in [0.4, 0.5) is 5.13 Å². The standard InChI is InChI=1S/C16H17N7OS/c24-15(12-2-1-3-14(10-12)23-11-18-20-21-23)19-13-4-7-22(8-5-13)16-17-6-9-25-16/h1-3,6,9-11,13H,4-5,7-8H2,(H,19,24). The van der Waals surface area contributed by atoms with Crippen molar-refractivity contribution in [2.24, 2.45) is 0 Å². The molecule has 1 aliphatic heterocycles. The number of nitrogens with zero attached hydrogens (tertiary/aromatic N) is 6. The van der Waals surface area contributed by atoms with E-state index in [1.165, 1.54) is 11.0 Å². The Labute approximate surface area is 148 Å². The SMILES string of the molecule is O=C(NC1CCN(c2nccs2)CC1)c1cccc(-n2cnnn2)c1. The Morgan fingerprint density at radius 2 is 2.16 bits per heavy atom. The molecule has 1 saturated heterocycles. The number of tetrazole rings is 1. The van der Waals surface area contributed by atoms with E-state index in [1.807, 2.05) is 23.7 Å². The molecule has 0 aliphatic carbocycles. The summed E-state index contributed by atoms with van der Waals surface area (Å²) in [6.45, 7) is 1.81. The minimum absolute atomic E-state index is 0.0670. The minimum Gasteiger partial charge on any atom is -0.349 e. The lowest BCUT2D eigenvalue weighted by Gasteiger charge is -2.32. The van der Waals surface area contributed by atoms with Crippen molar-refractivity contribution in [2.75, 3.05) is 18.0 Å². The Bertz CT molecular complexity index is 826. The molecule has 1 aromatic carbocycles. The molecule has 25 heavy (non-hydrogen) atoms. The number of anilines is 1. The molecule has 1 amide bonds. The molecule has 128 valence electrons. The molecule has 0 atom stereocenters. The summed E-state index contributed by atoms with van der Waals surface area (Å²) in [7, 11) is 0. The molecule has 1 N–H and O–H groups in total. The van der Waals surface area contributed by atoms with Crippen molar-refractivity contribution in [3.8, 4) is 5.69 Å². The molecule has 0 radical (unpaired) electrons. The van der Waals surface area contributed by atoms with E-state index in [-0.39, 0.29) is 11.9 Å². The zero-order chi connectivity index (χ0) is 17.1. The van der Waals surface area contributed by atoms with Crippen molar-refractivity contribution in [3.05, 3.63) is 47.7 Å². The number of carbonyl (C=O) groups excluding carboxylic acids is 1. The molecule has 1 aliphatic rings. The molecule has 1 fully saturated rings. The number of nitrogens with one attached hydrogen (secondary N) is 1. The Morgan fingerprint density at radius 3 is 2.88 bits per heavy atom. The lowest BCUT2D eigenvalue weighted by atomic mass is 10.0. The molecular formula is C16H17N7OS. The van der Waals surface area contributed by atoms with Crippen molar-refractivity contribution in [1.82, 2.24) is 30.5 Å². The van der Waals surface area contributed by atoms with Crippen LogP contribution in [0.15, 0.2) is 42.2 Å². The van der Waals surface area contributed by atoms with Gasteiger partial charge in [-0.15, -0.1) is 16.4 Å². The van der Waals surface area contributed by atoms with Crippen molar-refractivity contribution in [1.29, 1.82) is 0 Å². The second-order valence-electron chi connectivity index (χ2n) is 5.85. The highest BCUT2D eigenvalue weighted by Crippen LogP contribution is 2.22. The van der Waals surface area contributed by atoms with Crippen molar-refractivity contribution >= 4 is 22.4 Å². The van der Waals surface area contributed by atoms with Crippen molar-refractivity contribution < 1.29 is 4.79 Å². The van der Waals surface area contributed by atoms with Crippen LogP contribution in [0.3, 0.4) is 0 Å². The molecule has 0 unspecified atom stereocenters. The molecule has 4 rings (SSSR count). The van der Waals surface area contributed by atoms with Crippen LogP contribution in [0.25, 0.3) is 5.69 Å². The second-order valence-corrected chi connectivity index (χ2v) is 6.73. The highest BCUT2D eigenvalue weighted by atomic mass is 32.1. The fourth-order valence-corrected chi connectivity index (χ4v) is 3.62. The van der Waals surface area contributed by atoms with Crippen LogP contribution in [-0.4, -0.2) is 50.2 Å². The maximum atomic E-state index is 12.5. The van der Waals surface area contributed by atoms with Gasteiger partial charge in [-0.3, -0.25) is 4.79 Å². The summed E-state index contributed by atoms with van der Waals surface area (Å²) >= 11 is 1.65. The Kier molecular flexibility index (Phi) is 4.38. The van der Waals surface area contributed by atoms with Crippen LogP contribution in [0.2, 0.25) is 0 Å². The molecule has 3 aromatic rings. The largest absolute Gasteiger partial charge is 0.349 e. The van der Waals surface area contributed by atoms with Gasteiger partial charge in [-0.2, -0.15) is 0 Å². The van der Waals surface area contributed by atoms with E-state index in [0.29, 0.717) is 5.56 Å². The molecule has 3 heterocycles.